The Kier molecular flexibility index (Phi) is 2.44. The highest BCUT2D eigenvalue weighted by atomic mass is 127. The summed E-state index contributed by atoms with van der Waals surface area (Å²) in [6, 6.07) is 13.6. The first kappa shape index (κ1) is 11.2. The van der Waals surface area contributed by atoms with Gasteiger partial charge in [0.25, 0.3) is 0 Å². The lowest BCUT2D eigenvalue weighted by Gasteiger charge is -2.00. The number of rotatable bonds is 0. The zero-order valence-electron chi connectivity index (χ0n) is 9.66. The number of fused-ring (bicyclic) bond motifs is 5. The van der Waals surface area contributed by atoms with Crippen molar-refractivity contribution in [1.82, 2.24) is 0 Å². The van der Waals surface area contributed by atoms with Gasteiger partial charge in [-0.3, -0.25) is 0 Å². The van der Waals surface area contributed by atoms with Gasteiger partial charge in [0.1, 0.15) is 0 Å². The van der Waals surface area contributed by atoms with Crippen molar-refractivity contribution >= 4 is 76.2 Å². The third-order valence-corrected chi connectivity index (χ3v) is 6.30. The Balaban J connectivity index is 2.29. The van der Waals surface area contributed by atoms with Crippen LogP contribution in [0.5, 0.6) is 0 Å². The molecule has 4 rings (SSSR count). The molecule has 0 nitrogen and oxygen atoms in total. The van der Waals surface area contributed by atoms with Crippen LogP contribution in [0.1, 0.15) is 4.88 Å². The monoisotopic (exact) mass is 380 g/mol. The summed E-state index contributed by atoms with van der Waals surface area (Å²) in [5.74, 6) is 0. The Morgan fingerprint density at radius 1 is 0.833 bits per heavy atom. The molecule has 0 spiro atoms. The number of hydrogen-bond donors (Lipinski definition) is 0. The molecule has 88 valence electrons. The predicted octanol–water partition coefficient (Wildman–Crippen LogP) is 6.18. The summed E-state index contributed by atoms with van der Waals surface area (Å²) >= 11 is 6.20. The molecule has 0 aliphatic carbocycles. The van der Waals surface area contributed by atoms with Gasteiger partial charge in [-0.1, -0.05) is 24.3 Å². The summed E-state index contributed by atoms with van der Waals surface area (Å²) in [6.07, 6.45) is 0. The third kappa shape index (κ3) is 1.54. The quantitative estimate of drug-likeness (QED) is 0.320. The van der Waals surface area contributed by atoms with Gasteiger partial charge >= 0.3 is 0 Å². The van der Waals surface area contributed by atoms with E-state index in [1.807, 2.05) is 22.7 Å². The van der Waals surface area contributed by atoms with Crippen molar-refractivity contribution in [3.05, 3.63) is 44.2 Å². The molecule has 0 N–H and O–H groups in total. The van der Waals surface area contributed by atoms with Crippen molar-refractivity contribution in [2.75, 3.05) is 0 Å². The van der Waals surface area contributed by atoms with Crippen molar-refractivity contribution in [1.29, 1.82) is 0 Å². The molecular formula is C15H9IS2. The average molecular weight is 380 g/mol. The second-order valence-corrected chi connectivity index (χ2v) is 8.67. The maximum Gasteiger partial charge on any atom is 0.0666 e. The van der Waals surface area contributed by atoms with E-state index in [1.54, 1.807) is 0 Å². The Labute approximate surface area is 126 Å². The van der Waals surface area contributed by atoms with Crippen LogP contribution in [-0.4, -0.2) is 0 Å². The Morgan fingerprint density at radius 2 is 1.44 bits per heavy atom. The highest BCUT2D eigenvalue weighted by Gasteiger charge is 2.08. The summed E-state index contributed by atoms with van der Waals surface area (Å²) < 4.78 is 4.21. The maximum atomic E-state index is 2.41. The molecule has 3 heteroatoms. The van der Waals surface area contributed by atoms with Gasteiger partial charge in [0.15, 0.2) is 0 Å². The lowest BCUT2D eigenvalue weighted by atomic mass is 10.1. The van der Waals surface area contributed by atoms with Crippen LogP contribution >= 0.6 is 45.3 Å². The lowest BCUT2D eigenvalue weighted by molar-refractivity contribution is 1.66. The fourth-order valence-electron chi connectivity index (χ4n) is 2.50. The van der Waals surface area contributed by atoms with E-state index < -0.39 is 0 Å². The standard InChI is InChI=1S/C15H9IS2/c1-8-6-9-2-4-12-11(14(9)17-8)5-3-10-7-13(16)18-15(10)12/h2-7H,1H3. The molecule has 0 fully saturated rings. The van der Waals surface area contributed by atoms with E-state index in [4.69, 9.17) is 0 Å². The molecule has 0 atom stereocenters. The van der Waals surface area contributed by atoms with E-state index in [9.17, 15) is 0 Å². The molecule has 0 radical (unpaired) electrons. The van der Waals surface area contributed by atoms with Crippen LogP contribution in [0.25, 0.3) is 30.9 Å². The first-order chi connectivity index (χ1) is 8.72. The summed E-state index contributed by atoms with van der Waals surface area (Å²) in [7, 11) is 0. The van der Waals surface area contributed by atoms with Gasteiger partial charge in [0.05, 0.1) is 2.88 Å². The van der Waals surface area contributed by atoms with E-state index in [2.05, 4.69) is 65.9 Å². The van der Waals surface area contributed by atoms with Crippen LogP contribution in [0, 0.1) is 9.81 Å². The van der Waals surface area contributed by atoms with E-state index >= 15 is 0 Å². The number of halogens is 1. The minimum absolute atomic E-state index is 1.36. The molecule has 18 heavy (non-hydrogen) atoms. The second-order valence-electron chi connectivity index (χ2n) is 4.47. The van der Waals surface area contributed by atoms with Crippen LogP contribution in [0.3, 0.4) is 0 Å². The number of hydrogen-bond acceptors (Lipinski definition) is 2. The normalized spacial score (nSPS) is 11.9. The van der Waals surface area contributed by atoms with Crippen molar-refractivity contribution in [2.24, 2.45) is 0 Å². The molecule has 0 unspecified atom stereocenters. The van der Waals surface area contributed by atoms with Crippen LogP contribution in [0.15, 0.2) is 36.4 Å². The fraction of sp³-hybridized carbons (Fsp3) is 0.0667. The summed E-state index contributed by atoms with van der Waals surface area (Å²) in [4.78, 5) is 1.39. The summed E-state index contributed by atoms with van der Waals surface area (Å²) in [6.45, 7) is 2.18. The van der Waals surface area contributed by atoms with Crippen molar-refractivity contribution < 1.29 is 0 Å². The van der Waals surface area contributed by atoms with Crippen molar-refractivity contribution in [2.45, 2.75) is 6.92 Å². The van der Waals surface area contributed by atoms with Crippen LogP contribution in [0.2, 0.25) is 0 Å². The fourth-order valence-corrected chi connectivity index (χ4v) is 5.45. The number of thiophene rings is 2. The van der Waals surface area contributed by atoms with Crippen LogP contribution in [-0.2, 0) is 0 Å². The van der Waals surface area contributed by atoms with Gasteiger partial charge in [0, 0.05) is 25.0 Å². The zero-order valence-corrected chi connectivity index (χ0v) is 13.4. The molecule has 2 heterocycles. The van der Waals surface area contributed by atoms with E-state index in [1.165, 1.54) is 38.7 Å². The van der Waals surface area contributed by atoms with Gasteiger partial charge in [-0.05, 0) is 52.4 Å². The Bertz CT molecular complexity index is 823. The minimum atomic E-state index is 1.36. The van der Waals surface area contributed by atoms with E-state index in [-0.39, 0.29) is 0 Å². The first-order valence-electron chi connectivity index (χ1n) is 5.73. The maximum absolute atomic E-state index is 2.41. The molecule has 2 aromatic carbocycles. The van der Waals surface area contributed by atoms with Gasteiger partial charge in [-0.15, -0.1) is 22.7 Å². The molecule has 2 aromatic heterocycles. The van der Waals surface area contributed by atoms with Crippen molar-refractivity contribution in [3.8, 4) is 0 Å². The summed E-state index contributed by atoms with van der Waals surface area (Å²) in [5, 5.41) is 5.53. The van der Waals surface area contributed by atoms with Gasteiger partial charge < -0.3 is 0 Å². The second kappa shape index (κ2) is 3.92. The average Bonchev–Trinajstić information content (AvgIpc) is 2.89. The summed E-state index contributed by atoms with van der Waals surface area (Å²) in [5.41, 5.74) is 0. The molecule has 0 aliphatic rings. The molecule has 0 amide bonds. The Morgan fingerprint density at radius 3 is 2.17 bits per heavy atom. The van der Waals surface area contributed by atoms with Crippen LogP contribution in [0.4, 0.5) is 0 Å². The smallest absolute Gasteiger partial charge is 0.0666 e. The largest absolute Gasteiger partial charge is 0.140 e. The van der Waals surface area contributed by atoms with Gasteiger partial charge in [-0.25, -0.2) is 0 Å². The minimum Gasteiger partial charge on any atom is -0.140 e. The number of aryl methyl sites for hydroxylation is 1. The zero-order chi connectivity index (χ0) is 12.3. The molecular weight excluding hydrogens is 371 g/mol. The lowest BCUT2D eigenvalue weighted by Crippen LogP contribution is -1.72. The Hall–Kier alpha value is -0.650. The van der Waals surface area contributed by atoms with Gasteiger partial charge in [0.2, 0.25) is 0 Å². The molecule has 0 saturated carbocycles. The third-order valence-electron chi connectivity index (χ3n) is 3.25. The van der Waals surface area contributed by atoms with E-state index in [0.29, 0.717) is 0 Å². The molecule has 0 saturated heterocycles. The highest BCUT2D eigenvalue weighted by molar-refractivity contribution is 14.1. The van der Waals surface area contributed by atoms with Gasteiger partial charge in [-0.2, -0.15) is 0 Å². The number of benzene rings is 2. The SMILES string of the molecule is Cc1cc2ccc3c(ccc4cc(I)sc43)c2s1. The van der Waals surface area contributed by atoms with Crippen LogP contribution < -0.4 is 0 Å². The predicted molar refractivity (Wildman–Crippen MR) is 92.2 cm³/mol. The first-order valence-corrected chi connectivity index (χ1v) is 8.44. The highest BCUT2D eigenvalue weighted by Crippen LogP contribution is 2.38. The van der Waals surface area contributed by atoms with Crippen molar-refractivity contribution in [3.63, 3.8) is 0 Å². The molecule has 4 aromatic rings. The topological polar surface area (TPSA) is 0 Å². The van der Waals surface area contributed by atoms with E-state index in [0.717, 1.165) is 0 Å². The molecule has 0 bridgehead atoms. The molecule has 0 aliphatic heterocycles.